The number of alkyl halides is 1. The molecule has 96 valence electrons. The zero-order chi connectivity index (χ0) is 12.5. The van der Waals surface area contributed by atoms with Crippen molar-refractivity contribution in [3.8, 4) is 0 Å². The maximum absolute atomic E-state index is 3.59. The predicted molar refractivity (Wildman–Crippen MR) is 79.8 cm³/mol. The maximum atomic E-state index is 3.59. The molecule has 0 fully saturated rings. The average Bonchev–Trinajstić information content (AvgIpc) is 2.38. The Hall–Kier alpha value is -0.340. The van der Waals surface area contributed by atoms with E-state index in [9.17, 15) is 0 Å². The number of hydrogen-bond donors (Lipinski definition) is 1. The van der Waals surface area contributed by atoms with Crippen LogP contribution in [0.15, 0.2) is 30.3 Å². The molecule has 0 aromatic heterocycles. The maximum Gasteiger partial charge on any atom is 0.00723 e. The lowest BCUT2D eigenvalue weighted by Crippen LogP contribution is -2.33. The first-order valence-corrected chi connectivity index (χ1v) is 7.69. The smallest absolute Gasteiger partial charge is 0.00723 e. The molecule has 1 aromatic carbocycles. The van der Waals surface area contributed by atoms with E-state index in [1.165, 1.54) is 24.8 Å². The minimum absolute atomic E-state index is 0.603. The van der Waals surface area contributed by atoms with Gasteiger partial charge >= 0.3 is 0 Å². The van der Waals surface area contributed by atoms with Gasteiger partial charge < -0.3 is 5.32 Å². The van der Waals surface area contributed by atoms with Gasteiger partial charge in [0.1, 0.15) is 0 Å². The molecule has 0 aliphatic heterocycles. The van der Waals surface area contributed by atoms with Crippen molar-refractivity contribution in [2.75, 3.05) is 11.9 Å². The second-order valence-corrected chi connectivity index (χ2v) is 5.46. The molecule has 0 amide bonds. The summed E-state index contributed by atoms with van der Waals surface area (Å²) in [4.78, 5) is 0. The summed E-state index contributed by atoms with van der Waals surface area (Å²) in [5, 5.41) is 4.66. The van der Waals surface area contributed by atoms with Gasteiger partial charge in [-0.2, -0.15) is 0 Å². The summed E-state index contributed by atoms with van der Waals surface area (Å²) in [6, 6.07) is 11.3. The minimum Gasteiger partial charge on any atom is -0.314 e. The molecule has 0 bridgehead atoms. The summed E-state index contributed by atoms with van der Waals surface area (Å²) in [5.41, 5.74) is 1.45. The van der Waals surface area contributed by atoms with Crippen LogP contribution in [0.2, 0.25) is 0 Å². The van der Waals surface area contributed by atoms with E-state index in [-0.39, 0.29) is 0 Å². The summed E-state index contributed by atoms with van der Waals surface area (Å²) in [6.45, 7) is 5.67. The zero-order valence-corrected chi connectivity index (χ0v) is 12.5. The third kappa shape index (κ3) is 6.23. The van der Waals surface area contributed by atoms with E-state index in [2.05, 4.69) is 65.4 Å². The topological polar surface area (TPSA) is 12.0 Å². The molecule has 2 heteroatoms. The molecule has 1 nitrogen and oxygen atoms in total. The molecule has 2 atom stereocenters. The monoisotopic (exact) mass is 297 g/mol. The average molecular weight is 298 g/mol. The molecule has 1 N–H and O–H groups in total. The van der Waals surface area contributed by atoms with Gasteiger partial charge in [-0.3, -0.25) is 0 Å². The fourth-order valence-corrected chi connectivity index (χ4v) is 2.32. The number of hydrogen-bond acceptors (Lipinski definition) is 1. The summed E-state index contributed by atoms with van der Waals surface area (Å²) in [7, 11) is 0. The molecule has 0 heterocycles. The van der Waals surface area contributed by atoms with Crippen molar-refractivity contribution in [3.05, 3.63) is 35.9 Å². The van der Waals surface area contributed by atoms with Gasteiger partial charge in [-0.05, 0) is 44.2 Å². The molecular formula is C15H24BrN. The lowest BCUT2D eigenvalue weighted by atomic mass is 10.1. The molecule has 0 saturated heterocycles. The lowest BCUT2D eigenvalue weighted by molar-refractivity contribution is 0.428. The van der Waals surface area contributed by atoms with Crippen molar-refractivity contribution in [1.29, 1.82) is 0 Å². The van der Waals surface area contributed by atoms with Crippen LogP contribution in [0.3, 0.4) is 0 Å². The van der Waals surface area contributed by atoms with Crippen LogP contribution in [0.1, 0.15) is 32.3 Å². The Morgan fingerprint density at radius 1 is 1.12 bits per heavy atom. The molecular weight excluding hydrogens is 274 g/mol. The van der Waals surface area contributed by atoms with Crippen LogP contribution in [0, 0.1) is 5.92 Å². The molecule has 0 spiro atoms. The van der Waals surface area contributed by atoms with Crippen LogP contribution < -0.4 is 5.32 Å². The fraction of sp³-hybridized carbons (Fsp3) is 0.600. The zero-order valence-electron chi connectivity index (χ0n) is 11.0. The van der Waals surface area contributed by atoms with Crippen molar-refractivity contribution in [3.63, 3.8) is 0 Å². The number of unbranched alkanes of at least 4 members (excludes halogenated alkanes) is 1. The molecule has 17 heavy (non-hydrogen) atoms. The highest BCUT2D eigenvalue weighted by Gasteiger charge is 2.08. The Morgan fingerprint density at radius 2 is 1.82 bits per heavy atom. The minimum atomic E-state index is 0.603. The molecule has 0 radical (unpaired) electrons. The Kier molecular flexibility index (Phi) is 7.54. The first-order valence-electron chi connectivity index (χ1n) is 6.57. The van der Waals surface area contributed by atoms with Crippen molar-refractivity contribution in [2.24, 2.45) is 5.92 Å². The Morgan fingerprint density at radius 3 is 2.47 bits per heavy atom. The van der Waals surface area contributed by atoms with Crippen LogP contribution >= 0.6 is 15.9 Å². The Balaban J connectivity index is 2.05. The van der Waals surface area contributed by atoms with E-state index in [1.807, 2.05) is 0 Å². The second kappa shape index (κ2) is 8.71. The Bertz CT molecular complexity index is 286. The summed E-state index contributed by atoms with van der Waals surface area (Å²) < 4.78 is 0. The van der Waals surface area contributed by atoms with Gasteiger partial charge in [-0.15, -0.1) is 0 Å². The van der Waals surface area contributed by atoms with Crippen LogP contribution in [0.5, 0.6) is 0 Å². The molecule has 0 aliphatic carbocycles. The largest absolute Gasteiger partial charge is 0.314 e. The van der Waals surface area contributed by atoms with Gasteiger partial charge in [-0.25, -0.2) is 0 Å². The van der Waals surface area contributed by atoms with Gasteiger partial charge in [0.15, 0.2) is 0 Å². The van der Waals surface area contributed by atoms with Gasteiger partial charge in [0, 0.05) is 11.4 Å². The molecule has 1 aromatic rings. The van der Waals surface area contributed by atoms with Crippen LogP contribution in [-0.4, -0.2) is 17.9 Å². The van der Waals surface area contributed by atoms with Crippen molar-refractivity contribution >= 4 is 15.9 Å². The summed E-state index contributed by atoms with van der Waals surface area (Å²) >= 11 is 3.53. The molecule has 1 rings (SSSR count). The summed E-state index contributed by atoms with van der Waals surface area (Å²) in [6.07, 6.45) is 3.73. The fourth-order valence-electron chi connectivity index (χ4n) is 1.76. The second-order valence-electron chi connectivity index (χ2n) is 4.82. The lowest BCUT2D eigenvalue weighted by Gasteiger charge is -2.19. The molecule has 0 saturated carbocycles. The quantitative estimate of drug-likeness (QED) is 0.564. The first kappa shape index (κ1) is 14.7. The number of rotatable bonds is 8. The highest BCUT2D eigenvalue weighted by atomic mass is 79.9. The van der Waals surface area contributed by atoms with Crippen molar-refractivity contribution in [1.82, 2.24) is 5.32 Å². The van der Waals surface area contributed by atoms with E-state index in [4.69, 9.17) is 0 Å². The van der Waals surface area contributed by atoms with Gasteiger partial charge in [0.05, 0.1) is 0 Å². The van der Waals surface area contributed by atoms with Gasteiger partial charge in [0.25, 0.3) is 0 Å². The standard InChI is InChI=1S/C15H24BrN/c1-13(12-16)14(2)17-11-7-6-10-15-8-4-3-5-9-15/h3-5,8-9,13-14,17H,6-7,10-12H2,1-2H3. The van der Waals surface area contributed by atoms with E-state index < -0.39 is 0 Å². The van der Waals surface area contributed by atoms with Crippen LogP contribution in [0.4, 0.5) is 0 Å². The van der Waals surface area contributed by atoms with Crippen molar-refractivity contribution in [2.45, 2.75) is 39.2 Å². The number of aryl methyl sites for hydroxylation is 1. The summed E-state index contributed by atoms with van der Waals surface area (Å²) in [5.74, 6) is 0.698. The number of nitrogens with one attached hydrogen (secondary N) is 1. The van der Waals surface area contributed by atoms with E-state index >= 15 is 0 Å². The third-order valence-electron chi connectivity index (χ3n) is 3.30. The normalized spacial score (nSPS) is 14.5. The van der Waals surface area contributed by atoms with Crippen LogP contribution in [-0.2, 0) is 6.42 Å². The number of benzene rings is 1. The van der Waals surface area contributed by atoms with Gasteiger partial charge in [-0.1, -0.05) is 53.2 Å². The van der Waals surface area contributed by atoms with E-state index in [0.717, 1.165) is 11.9 Å². The van der Waals surface area contributed by atoms with Crippen molar-refractivity contribution < 1.29 is 0 Å². The molecule has 2 unspecified atom stereocenters. The van der Waals surface area contributed by atoms with Gasteiger partial charge in [0.2, 0.25) is 0 Å². The predicted octanol–water partition coefficient (Wildman–Crippen LogP) is 4.02. The number of halogens is 1. The first-order chi connectivity index (χ1) is 8.24. The molecule has 0 aliphatic rings. The highest BCUT2D eigenvalue weighted by molar-refractivity contribution is 9.09. The third-order valence-corrected chi connectivity index (χ3v) is 4.32. The Labute approximate surface area is 114 Å². The SMILES string of the molecule is CC(CBr)C(C)NCCCCc1ccccc1. The van der Waals surface area contributed by atoms with Crippen LogP contribution in [0.25, 0.3) is 0 Å². The van der Waals surface area contributed by atoms with E-state index in [0.29, 0.717) is 12.0 Å². The highest BCUT2D eigenvalue weighted by Crippen LogP contribution is 2.07. The van der Waals surface area contributed by atoms with E-state index in [1.54, 1.807) is 0 Å².